The predicted octanol–water partition coefficient (Wildman–Crippen LogP) is 2.68. The Balaban J connectivity index is 1.93. The number of nitrogens with one attached hydrogen (secondary N) is 1. The van der Waals surface area contributed by atoms with Crippen molar-refractivity contribution < 1.29 is 9.53 Å². The Kier molecular flexibility index (Phi) is 4.57. The molecule has 0 aliphatic carbocycles. The van der Waals surface area contributed by atoms with Crippen molar-refractivity contribution >= 4 is 27.5 Å². The van der Waals surface area contributed by atoms with Gasteiger partial charge in [0.05, 0.1) is 22.9 Å². The lowest BCUT2D eigenvalue weighted by Crippen LogP contribution is -2.11. The summed E-state index contributed by atoms with van der Waals surface area (Å²) in [5.74, 6) is 0.538. The first-order valence-electron chi connectivity index (χ1n) is 5.82. The van der Waals surface area contributed by atoms with E-state index in [1.165, 1.54) is 6.92 Å². The van der Waals surface area contributed by atoms with Crippen LogP contribution in [0.15, 0.2) is 41.1 Å². The summed E-state index contributed by atoms with van der Waals surface area (Å²) in [7, 11) is 0. The molecule has 2 rings (SSSR count). The average Bonchev–Trinajstić information content (AvgIpc) is 2.77. The zero-order chi connectivity index (χ0) is 13.7. The summed E-state index contributed by atoms with van der Waals surface area (Å²) >= 11 is 3.34. The summed E-state index contributed by atoms with van der Waals surface area (Å²) in [6.45, 7) is 2.59. The Morgan fingerprint density at radius 1 is 1.47 bits per heavy atom. The molecule has 0 atom stereocenters. The Morgan fingerprint density at radius 2 is 2.26 bits per heavy atom. The molecule has 0 bridgehead atoms. The van der Waals surface area contributed by atoms with Crippen LogP contribution in [-0.4, -0.2) is 22.3 Å². The molecule has 1 N–H and O–H groups in total. The minimum Gasteiger partial charge on any atom is -0.489 e. The highest BCUT2D eigenvalue weighted by Gasteiger charge is 2.04. The van der Waals surface area contributed by atoms with Gasteiger partial charge in [0.25, 0.3) is 0 Å². The molecule has 0 radical (unpaired) electrons. The van der Waals surface area contributed by atoms with E-state index in [1.54, 1.807) is 16.9 Å². The van der Waals surface area contributed by atoms with E-state index in [0.29, 0.717) is 24.6 Å². The minimum atomic E-state index is -0.118. The molecule has 0 spiro atoms. The van der Waals surface area contributed by atoms with Crippen LogP contribution < -0.4 is 10.1 Å². The first-order chi connectivity index (χ1) is 9.15. The number of aromatic nitrogens is 2. The van der Waals surface area contributed by atoms with Crippen molar-refractivity contribution in [3.8, 4) is 5.75 Å². The summed E-state index contributed by atoms with van der Waals surface area (Å²) < 4.78 is 8.38. The Labute approximate surface area is 119 Å². The second-order valence-corrected chi connectivity index (χ2v) is 4.86. The second kappa shape index (κ2) is 6.38. The molecule has 1 aromatic carbocycles. The van der Waals surface area contributed by atoms with E-state index in [0.717, 1.165) is 4.47 Å². The SMILES string of the molecule is CC(=O)Nc1ccccc1OCCn1cc(Br)cn1. The molecule has 0 unspecified atom stereocenters. The number of carbonyl (C=O) groups excluding carboxylic acids is 1. The van der Waals surface area contributed by atoms with Crippen LogP contribution in [0.2, 0.25) is 0 Å². The van der Waals surface area contributed by atoms with Crippen LogP contribution in [0.1, 0.15) is 6.92 Å². The van der Waals surface area contributed by atoms with E-state index in [1.807, 2.05) is 24.4 Å². The van der Waals surface area contributed by atoms with Gasteiger partial charge in [-0.15, -0.1) is 0 Å². The van der Waals surface area contributed by atoms with Crippen LogP contribution in [-0.2, 0) is 11.3 Å². The highest BCUT2D eigenvalue weighted by molar-refractivity contribution is 9.10. The van der Waals surface area contributed by atoms with Gasteiger partial charge in [-0.05, 0) is 28.1 Å². The molecule has 0 saturated carbocycles. The number of para-hydroxylation sites is 2. The number of amides is 1. The molecule has 0 aliphatic rings. The molecule has 0 saturated heterocycles. The number of nitrogens with zero attached hydrogens (tertiary/aromatic N) is 2. The molecule has 2 aromatic rings. The summed E-state index contributed by atoms with van der Waals surface area (Å²) in [5, 5.41) is 6.87. The molecule has 100 valence electrons. The first kappa shape index (κ1) is 13.6. The van der Waals surface area contributed by atoms with Crippen molar-refractivity contribution in [2.75, 3.05) is 11.9 Å². The van der Waals surface area contributed by atoms with E-state index >= 15 is 0 Å². The number of halogens is 1. The molecule has 1 amide bonds. The normalized spacial score (nSPS) is 10.2. The van der Waals surface area contributed by atoms with Gasteiger partial charge in [0.1, 0.15) is 12.4 Å². The van der Waals surface area contributed by atoms with Gasteiger partial charge in [-0.25, -0.2) is 0 Å². The van der Waals surface area contributed by atoms with Crippen LogP contribution in [0.5, 0.6) is 5.75 Å². The van der Waals surface area contributed by atoms with Gasteiger partial charge in [0.2, 0.25) is 5.91 Å². The van der Waals surface area contributed by atoms with Crippen molar-refractivity contribution in [3.05, 3.63) is 41.1 Å². The summed E-state index contributed by atoms with van der Waals surface area (Å²) in [6, 6.07) is 7.35. The zero-order valence-electron chi connectivity index (χ0n) is 10.5. The lowest BCUT2D eigenvalue weighted by molar-refractivity contribution is -0.114. The topological polar surface area (TPSA) is 56.1 Å². The van der Waals surface area contributed by atoms with E-state index in [-0.39, 0.29) is 5.91 Å². The van der Waals surface area contributed by atoms with Crippen LogP contribution in [0.25, 0.3) is 0 Å². The Morgan fingerprint density at radius 3 is 2.95 bits per heavy atom. The molecule has 0 fully saturated rings. The Bertz CT molecular complexity index is 569. The summed E-state index contributed by atoms with van der Waals surface area (Å²) in [6.07, 6.45) is 3.61. The monoisotopic (exact) mass is 323 g/mol. The van der Waals surface area contributed by atoms with Gasteiger partial charge in [0.15, 0.2) is 0 Å². The quantitative estimate of drug-likeness (QED) is 0.920. The van der Waals surface area contributed by atoms with Gasteiger partial charge in [-0.1, -0.05) is 12.1 Å². The maximum atomic E-state index is 11.1. The second-order valence-electron chi connectivity index (χ2n) is 3.95. The van der Waals surface area contributed by atoms with Crippen molar-refractivity contribution in [3.63, 3.8) is 0 Å². The zero-order valence-corrected chi connectivity index (χ0v) is 12.1. The number of hydrogen-bond acceptors (Lipinski definition) is 3. The highest BCUT2D eigenvalue weighted by atomic mass is 79.9. The van der Waals surface area contributed by atoms with E-state index < -0.39 is 0 Å². The number of carbonyl (C=O) groups is 1. The number of rotatable bonds is 5. The third-order valence-corrected chi connectivity index (χ3v) is 2.79. The fourth-order valence-corrected chi connectivity index (χ4v) is 1.92. The third-order valence-electron chi connectivity index (χ3n) is 2.38. The fraction of sp³-hybridized carbons (Fsp3) is 0.231. The minimum absolute atomic E-state index is 0.118. The molecule has 6 heteroatoms. The molecule has 1 heterocycles. The van der Waals surface area contributed by atoms with Gasteiger partial charge in [-0.2, -0.15) is 5.10 Å². The number of benzene rings is 1. The average molecular weight is 324 g/mol. The third kappa shape index (κ3) is 4.10. The maximum absolute atomic E-state index is 11.1. The van der Waals surface area contributed by atoms with Gasteiger partial charge in [-0.3, -0.25) is 9.48 Å². The van der Waals surface area contributed by atoms with Crippen molar-refractivity contribution in [1.29, 1.82) is 0 Å². The highest BCUT2D eigenvalue weighted by Crippen LogP contribution is 2.23. The van der Waals surface area contributed by atoms with Crippen molar-refractivity contribution in [2.45, 2.75) is 13.5 Å². The first-order valence-corrected chi connectivity index (χ1v) is 6.62. The molecule has 1 aromatic heterocycles. The lowest BCUT2D eigenvalue weighted by atomic mass is 10.3. The predicted molar refractivity (Wildman–Crippen MR) is 76.2 cm³/mol. The summed E-state index contributed by atoms with van der Waals surface area (Å²) in [5.41, 5.74) is 0.677. The number of anilines is 1. The van der Waals surface area contributed by atoms with Crippen LogP contribution in [0, 0.1) is 0 Å². The van der Waals surface area contributed by atoms with E-state index in [9.17, 15) is 4.79 Å². The number of hydrogen-bond donors (Lipinski definition) is 1. The van der Waals surface area contributed by atoms with Crippen LogP contribution in [0.3, 0.4) is 0 Å². The molecular formula is C13H14BrN3O2. The van der Waals surface area contributed by atoms with Gasteiger partial charge >= 0.3 is 0 Å². The molecule has 19 heavy (non-hydrogen) atoms. The van der Waals surface area contributed by atoms with Crippen LogP contribution >= 0.6 is 15.9 Å². The van der Waals surface area contributed by atoms with Crippen molar-refractivity contribution in [1.82, 2.24) is 9.78 Å². The molecule has 0 aliphatic heterocycles. The van der Waals surface area contributed by atoms with Gasteiger partial charge in [0, 0.05) is 13.1 Å². The van der Waals surface area contributed by atoms with Crippen LogP contribution in [0.4, 0.5) is 5.69 Å². The van der Waals surface area contributed by atoms with Gasteiger partial charge < -0.3 is 10.1 Å². The lowest BCUT2D eigenvalue weighted by Gasteiger charge is -2.11. The molecular weight excluding hydrogens is 310 g/mol. The summed E-state index contributed by atoms with van der Waals surface area (Å²) in [4.78, 5) is 11.1. The van der Waals surface area contributed by atoms with E-state index in [2.05, 4.69) is 26.3 Å². The fourth-order valence-electron chi connectivity index (χ4n) is 1.60. The maximum Gasteiger partial charge on any atom is 0.221 e. The van der Waals surface area contributed by atoms with Crippen molar-refractivity contribution in [2.24, 2.45) is 0 Å². The smallest absolute Gasteiger partial charge is 0.221 e. The van der Waals surface area contributed by atoms with E-state index in [4.69, 9.17) is 4.74 Å². The number of ether oxygens (including phenoxy) is 1. The Hall–Kier alpha value is -1.82. The largest absolute Gasteiger partial charge is 0.489 e. The standard InChI is InChI=1S/C13H14BrN3O2/c1-10(18)16-12-4-2-3-5-13(12)19-7-6-17-9-11(14)8-15-17/h2-5,8-9H,6-7H2,1H3,(H,16,18). The molecule has 5 nitrogen and oxygen atoms in total.